The van der Waals surface area contributed by atoms with Gasteiger partial charge in [-0.25, -0.2) is 0 Å². The lowest BCUT2D eigenvalue weighted by Crippen LogP contribution is -2.20. The Labute approximate surface area is 104 Å². The minimum Gasteiger partial charge on any atom is -0.497 e. The van der Waals surface area contributed by atoms with E-state index in [0.717, 1.165) is 31.7 Å². The van der Waals surface area contributed by atoms with Gasteiger partial charge >= 0.3 is 0 Å². The zero-order valence-corrected chi connectivity index (χ0v) is 11.0. The lowest BCUT2D eigenvalue weighted by molar-refractivity contribution is 0.192. The van der Waals surface area contributed by atoms with Gasteiger partial charge in [0, 0.05) is 19.8 Å². The molecule has 0 spiro atoms. The fraction of sp³-hybridized carbons (Fsp3) is 0.571. The van der Waals surface area contributed by atoms with Crippen LogP contribution in [0.4, 0.5) is 0 Å². The molecule has 0 saturated heterocycles. The van der Waals surface area contributed by atoms with E-state index in [2.05, 4.69) is 24.4 Å². The molecule has 1 rings (SSSR count). The topological polar surface area (TPSA) is 30.5 Å². The van der Waals surface area contributed by atoms with Crippen LogP contribution in [0.2, 0.25) is 0 Å². The maximum Gasteiger partial charge on any atom is 0.118 e. The number of nitrogens with one attached hydrogen (secondary N) is 1. The van der Waals surface area contributed by atoms with E-state index in [1.807, 2.05) is 12.1 Å². The molecule has 0 aliphatic carbocycles. The van der Waals surface area contributed by atoms with Gasteiger partial charge in [-0.05, 0) is 44.0 Å². The third kappa shape index (κ3) is 5.20. The predicted octanol–water partition coefficient (Wildman–Crippen LogP) is 2.77. The number of unbranched alkanes of at least 4 members (excludes halogenated alkanes) is 1. The summed E-state index contributed by atoms with van der Waals surface area (Å²) in [6.45, 7) is 4.05. The van der Waals surface area contributed by atoms with Crippen molar-refractivity contribution in [3.8, 4) is 5.75 Å². The third-order valence-electron chi connectivity index (χ3n) is 2.84. The van der Waals surface area contributed by atoms with E-state index in [1.54, 1.807) is 14.2 Å². The van der Waals surface area contributed by atoms with Crippen LogP contribution in [0.15, 0.2) is 24.3 Å². The number of rotatable bonds is 8. The first-order chi connectivity index (χ1) is 8.27. The first kappa shape index (κ1) is 14.0. The number of methoxy groups -OCH3 is 2. The van der Waals surface area contributed by atoms with Gasteiger partial charge in [0.25, 0.3) is 0 Å². The van der Waals surface area contributed by atoms with E-state index in [-0.39, 0.29) is 0 Å². The van der Waals surface area contributed by atoms with Crippen LogP contribution in [0.1, 0.15) is 31.4 Å². The monoisotopic (exact) mass is 237 g/mol. The zero-order valence-electron chi connectivity index (χ0n) is 11.0. The summed E-state index contributed by atoms with van der Waals surface area (Å²) < 4.78 is 10.2. The van der Waals surface area contributed by atoms with Crippen LogP contribution in [-0.2, 0) is 4.74 Å². The number of benzene rings is 1. The average Bonchev–Trinajstić information content (AvgIpc) is 2.38. The Bertz CT molecular complexity index is 298. The van der Waals surface area contributed by atoms with Crippen molar-refractivity contribution in [2.24, 2.45) is 0 Å². The Balaban J connectivity index is 2.28. The molecule has 1 aromatic carbocycles. The summed E-state index contributed by atoms with van der Waals surface area (Å²) in [4.78, 5) is 0. The number of ether oxygens (including phenoxy) is 2. The SMILES string of the molecule is COCCCCN[C@@H](C)c1ccc(OC)cc1. The Morgan fingerprint density at radius 1 is 1.12 bits per heavy atom. The molecule has 0 aliphatic heterocycles. The summed E-state index contributed by atoms with van der Waals surface area (Å²) in [5.74, 6) is 0.904. The largest absolute Gasteiger partial charge is 0.497 e. The molecule has 0 saturated carbocycles. The first-order valence-electron chi connectivity index (χ1n) is 6.14. The lowest BCUT2D eigenvalue weighted by atomic mass is 10.1. The van der Waals surface area contributed by atoms with Gasteiger partial charge in [-0.2, -0.15) is 0 Å². The van der Waals surface area contributed by atoms with E-state index in [4.69, 9.17) is 9.47 Å². The molecule has 0 heterocycles. The number of hydrogen-bond acceptors (Lipinski definition) is 3. The average molecular weight is 237 g/mol. The Kier molecular flexibility index (Phi) is 6.67. The van der Waals surface area contributed by atoms with E-state index in [9.17, 15) is 0 Å². The normalized spacial score (nSPS) is 12.4. The van der Waals surface area contributed by atoms with Gasteiger partial charge in [0.15, 0.2) is 0 Å². The van der Waals surface area contributed by atoms with Crippen LogP contribution in [-0.4, -0.2) is 27.4 Å². The molecule has 96 valence electrons. The van der Waals surface area contributed by atoms with Gasteiger partial charge in [-0.3, -0.25) is 0 Å². The van der Waals surface area contributed by atoms with Gasteiger partial charge in [-0.1, -0.05) is 12.1 Å². The standard InChI is InChI=1S/C14H23NO2/c1-12(15-10-4-5-11-16-2)13-6-8-14(17-3)9-7-13/h6-9,12,15H,4-5,10-11H2,1-3H3/t12-/m0/s1. The second kappa shape index (κ2) is 8.09. The maximum absolute atomic E-state index is 5.14. The molecule has 1 aromatic rings. The van der Waals surface area contributed by atoms with Crippen LogP contribution >= 0.6 is 0 Å². The molecule has 0 unspecified atom stereocenters. The van der Waals surface area contributed by atoms with Crippen molar-refractivity contribution in [2.75, 3.05) is 27.4 Å². The molecule has 0 radical (unpaired) electrons. The molecular weight excluding hydrogens is 214 g/mol. The molecule has 0 fully saturated rings. The highest BCUT2D eigenvalue weighted by molar-refractivity contribution is 5.28. The van der Waals surface area contributed by atoms with Gasteiger partial charge in [0.1, 0.15) is 5.75 Å². The molecule has 3 nitrogen and oxygen atoms in total. The van der Waals surface area contributed by atoms with Crippen LogP contribution in [0.5, 0.6) is 5.75 Å². The molecule has 1 N–H and O–H groups in total. The van der Waals surface area contributed by atoms with Crippen molar-refractivity contribution in [3.05, 3.63) is 29.8 Å². The van der Waals surface area contributed by atoms with Gasteiger partial charge in [0.05, 0.1) is 7.11 Å². The molecule has 0 bridgehead atoms. The van der Waals surface area contributed by atoms with Crippen LogP contribution in [0.3, 0.4) is 0 Å². The van der Waals surface area contributed by atoms with Crippen molar-refractivity contribution in [1.29, 1.82) is 0 Å². The molecule has 0 aromatic heterocycles. The second-order valence-electron chi connectivity index (χ2n) is 4.15. The predicted molar refractivity (Wildman–Crippen MR) is 70.5 cm³/mol. The second-order valence-corrected chi connectivity index (χ2v) is 4.15. The molecule has 0 amide bonds. The Hall–Kier alpha value is -1.06. The Morgan fingerprint density at radius 3 is 2.41 bits per heavy atom. The quantitative estimate of drug-likeness (QED) is 0.705. The first-order valence-corrected chi connectivity index (χ1v) is 6.14. The highest BCUT2D eigenvalue weighted by atomic mass is 16.5. The molecule has 0 aliphatic rings. The summed E-state index contributed by atoms with van der Waals surface area (Å²) in [7, 11) is 3.43. The van der Waals surface area contributed by atoms with E-state index in [0.29, 0.717) is 6.04 Å². The summed E-state index contributed by atoms with van der Waals surface area (Å²) in [6, 6.07) is 8.58. The summed E-state index contributed by atoms with van der Waals surface area (Å²) >= 11 is 0. The van der Waals surface area contributed by atoms with Crippen LogP contribution < -0.4 is 10.1 Å². The van der Waals surface area contributed by atoms with Crippen LogP contribution in [0.25, 0.3) is 0 Å². The van der Waals surface area contributed by atoms with E-state index < -0.39 is 0 Å². The molecule has 1 atom stereocenters. The maximum atomic E-state index is 5.14. The zero-order chi connectivity index (χ0) is 12.5. The fourth-order valence-electron chi connectivity index (χ4n) is 1.70. The minimum atomic E-state index is 0.378. The minimum absolute atomic E-state index is 0.378. The fourth-order valence-corrected chi connectivity index (χ4v) is 1.70. The van der Waals surface area contributed by atoms with Crippen molar-refractivity contribution in [3.63, 3.8) is 0 Å². The molecule has 3 heteroatoms. The number of hydrogen-bond donors (Lipinski definition) is 1. The van der Waals surface area contributed by atoms with E-state index >= 15 is 0 Å². The highest BCUT2D eigenvalue weighted by Crippen LogP contribution is 2.17. The van der Waals surface area contributed by atoms with Crippen molar-refractivity contribution < 1.29 is 9.47 Å². The van der Waals surface area contributed by atoms with Gasteiger partial charge < -0.3 is 14.8 Å². The lowest BCUT2D eigenvalue weighted by Gasteiger charge is -2.14. The van der Waals surface area contributed by atoms with Crippen molar-refractivity contribution >= 4 is 0 Å². The summed E-state index contributed by atoms with van der Waals surface area (Å²) in [6.07, 6.45) is 2.26. The van der Waals surface area contributed by atoms with Crippen molar-refractivity contribution in [2.45, 2.75) is 25.8 Å². The van der Waals surface area contributed by atoms with E-state index in [1.165, 1.54) is 5.56 Å². The van der Waals surface area contributed by atoms with Gasteiger partial charge in [0.2, 0.25) is 0 Å². The summed E-state index contributed by atoms with van der Waals surface area (Å²) in [5.41, 5.74) is 1.29. The smallest absolute Gasteiger partial charge is 0.118 e. The van der Waals surface area contributed by atoms with Crippen molar-refractivity contribution in [1.82, 2.24) is 5.32 Å². The third-order valence-corrected chi connectivity index (χ3v) is 2.84. The highest BCUT2D eigenvalue weighted by Gasteiger charge is 2.03. The van der Waals surface area contributed by atoms with Crippen LogP contribution in [0, 0.1) is 0 Å². The van der Waals surface area contributed by atoms with Gasteiger partial charge in [-0.15, -0.1) is 0 Å². The molecular formula is C14H23NO2. The summed E-state index contributed by atoms with van der Waals surface area (Å²) in [5, 5.41) is 3.50. The Morgan fingerprint density at radius 2 is 1.82 bits per heavy atom. The molecule has 17 heavy (non-hydrogen) atoms.